The molecule has 6 heteroatoms. The van der Waals surface area contributed by atoms with Gasteiger partial charge in [0.1, 0.15) is 6.04 Å². The number of hydrogen-bond donors (Lipinski definition) is 2. The summed E-state index contributed by atoms with van der Waals surface area (Å²) in [5, 5.41) is 4.26. The summed E-state index contributed by atoms with van der Waals surface area (Å²) < 4.78 is 16.3. The van der Waals surface area contributed by atoms with Crippen molar-refractivity contribution in [1.29, 1.82) is 0 Å². The van der Waals surface area contributed by atoms with Gasteiger partial charge in [0.25, 0.3) is 0 Å². The van der Waals surface area contributed by atoms with Crippen molar-refractivity contribution in [2.75, 3.05) is 26.6 Å². The number of ketones is 1. The van der Waals surface area contributed by atoms with Crippen molar-refractivity contribution in [3.8, 4) is 17.2 Å². The van der Waals surface area contributed by atoms with E-state index in [0.717, 1.165) is 16.5 Å². The third-order valence-corrected chi connectivity index (χ3v) is 5.23. The van der Waals surface area contributed by atoms with Gasteiger partial charge in [-0.2, -0.15) is 0 Å². The number of nitrogens with one attached hydrogen (secondary N) is 2. The predicted molar refractivity (Wildman–Crippen MR) is 122 cm³/mol. The fourth-order valence-electron chi connectivity index (χ4n) is 3.71. The number of carbonyl (C=O) groups excluding carboxylic acids is 1. The Morgan fingerprint density at radius 1 is 0.871 bits per heavy atom. The maximum absolute atomic E-state index is 13.7. The summed E-state index contributed by atoms with van der Waals surface area (Å²) in [5.74, 6) is 1.47. The summed E-state index contributed by atoms with van der Waals surface area (Å²) in [6.45, 7) is 0. The van der Waals surface area contributed by atoms with Crippen LogP contribution in [0.25, 0.3) is 10.9 Å². The van der Waals surface area contributed by atoms with Gasteiger partial charge in [-0.3, -0.25) is 4.79 Å². The van der Waals surface area contributed by atoms with E-state index in [1.165, 1.54) is 0 Å². The van der Waals surface area contributed by atoms with Crippen LogP contribution in [0.3, 0.4) is 0 Å². The van der Waals surface area contributed by atoms with Crippen LogP contribution in [0.5, 0.6) is 17.2 Å². The molecule has 1 aromatic heterocycles. The Morgan fingerprint density at radius 2 is 1.52 bits per heavy atom. The Labute approximate surface area is 180 Å². The molecular weight excluding hydrogens is 392 g/mol. The first-order valence-electron chi connectivity index (χ1n) is 9.88. The molecule has 4 rings (SSSR count). The highest BCUT2D eigenvalue weighted by Gasteiger charge is 2.25. The summed E-state index contributed by atoms with van der Waals surface area (Å²) in [6.07, 6.45) is 1.76. The van der Waals surface area contributed by atoms with Crippen molar-refractivity contribution >= 4 is 22.4 Å². The second-order valence-corrected chi connectivity index (χ2v) is 7.01. The number of hydrogen-bond acceptors (Lipinski definition) is 5. The van der Waals surface area contributed by atoms with Crippen molar-refractivity contribution in [3.63, 3.8) is 0 Å². The second kappa shape index (κ2) is 8.83. The van der Waals surface area contributed by atoms with E-state index in [2.05, 4.69) is 10.3 Å². The summed E-state index contributed by atoms with van der Waals surface area (Å²) in [7, 11) is 4.68. The molecule has 0 aliphatic rings. The number of fused-ring (bicyclic) bond motifs is 1. The average molecular weight is 416 g/mol. The Bertz CT molecular complexity index is 1180. The van der Waals surface area contributed by atoms with Gasteiger partial charge >= 0.3 is 0 Å². The van der Waals surface area contributed by atoms with Gasteiger partial charge in [-0.15, -0.1) is 0 Å². The lowest BCUT2D eigenvalue weighted by Gasteiger charge is -2.21. The van der Waals surface area contributed by atoms with Gasteiger partial charge in [-0.1, -0.05) is 48.5 Å². The lowest BCUT2D eigenvalue weighted by molar-refractivity contribution is 0.0971. The maximum atomic E-state index is 13.7. The molecule has 1 heterocycles. The van der Waals surface area contributed by atoms with Gasteiger partial charge in [-0.25, -0.2) is 0 Å². The monoisotopic (exact) mass is 416 g/mol. The van der Waals surface area contributed by atoms with E-state index in [0.29, 0.717) is 28.5 Å². The highest BCUT2D eigenvalue weighted by molar-refractivity contribution is 6.11. The van der Waals surface area contributed by atoms with Crippen LogP contribution in [0.1, 0.15) is 22.0 Å². The molecule has 6 nitrogen and oxygen atoms in total. The van der Waals surface area contributed by atoms with Crippen LogP contribution in [0.4, 0.5) is 5.69 Å². The predicted octanol–water partition coefficient (Wildman–Crippen LogP) is 5.23. The molecule has 0 saturated heterocycles. The van der Waals surface area contributed by atoms with Crippen molar-refractivity contribution < 1.29 is 19.0 Å². The third kappa shape index (κ3) is 3.92. The normalized spacial score (nSPS) is 11.7. The average Bonchev–Trinajstić information content (AvgIpc) is 3.26. The standard InChI is InChI=1S/C25H24N2O4/c1-29-21-13-17(14-22(30-2)25(21)31-3)27-23(16-9-5-4-6-10-16)24(28)19-15-26-20-12-8-7-11-18(19)20/h4-15,23,26-27H,1-3H3/t23-/m1/s1. The van der Waals surface area contributed by atoms with E-state index < -0.39 is 6.04 Å². The molecular formula is C25H24N2O4. The van der Waals surface area contributed by atoms with Crippen LogP contribution < -0.4 is 19.5 Å². The molecule has 0 bridgehead atoms. The summed E-state index contributed by atoms with van der Waals surface area (Å²) in [6, 6.07) is 20.4. The highest BCUT2D eigenvalue weighted by Crippen LogP contribution is 2.41. The topological polar surface area (TPSA) is 72.6 Å². The lowest BCUT2D eigenvalue weighted by atomic mass is 9.96. The highest BCUT2D eigenvalue weighted by atomic mass is 16.5. The number of ether oxygens (including phenoxy) is 3. The Hall–Kier alpha value is -3.93. The molecule has 4 aromatic rings. The summed E-state index contributed by atoms with van der Waals surface area (Å²) in [5.41, 5.74) is 3.08. The van der Waals surface area contributed by atoms with Crippen LogP contribution in [-0.4, -0.2) is 32.1 Å². The number of benzene rings is 3. The van der Waals surface area contributed by atoms with Crippen molar-refractivity contribution in [2.45, 2.75) is 6.04 Å². The van der Waals surface area contributed by atoms with Gasteiger partial charge in [0, 0.05) is 40.5 Å². The molecule has 3 aromatic carbocycles. The smallest absolute Gasteiger partial charge is 0.203 e. The van der Waals surface area contributed by atoms with Gasteiger partial charge in [0.05, 0.1) is 21.3 Å². The number of carbonyl (C=O) groups is 1. The zero-order valence-electron chi connectivity index (χ0n) is 17.6. The van der Waals surface area contributed by atoms with Crippen LogP contribution >= 0.6 is 0 Å². The van der Waals surface area contributed by atoms with Crippen molar-refractivity contribution in [3.05, 3.63) is 84.1 Å². The van der Waals surface area contributed by atoms with Gasteiger partial charge in [0.2, 0.25) is 5.75 Å². The number of aromatic nitrogens is 1. The van der Waals surface area contributed by atoms with E-state index in [4.69, 9.17) is 14.2 Å². The Balaban J connectivity index is 1.78. The molecule has 158 valence electrons. The number of aromatic amines is 1. The first-order chi connectivity index (χ1) is 15.2. The molecule has 0 spiro atoms. The molecule has 0 amide bonds. The summed E-state index contributed by atoms with van der Waals surface area (Å²) in [4.78, 5) is 16.9. The van der Waals surface area contributed by atoms with Crippen LogP contribution in [0.15, 0.2) is 72.9 Å². The minimum atomic E-state index is -0.608. The largest absolute Gasteiger partial charge is 0.493 e. The first-order valence-corrected chi connectivity index (χ1v) is 9.88. The number of rotatable bonds is 8. The molecule has 0 saturated carbocycles. The van der Waals surface area contributed by atoms with Crippen LogP contribution in [0, 0.1) is 0 Å². The lowest BCUT2D eigenvalue weighted by Crippen LogP contribution is -2.21. The van der Waals surface area contributed by atoms with Crippen molar-refractivity contribution in [2.24, 2.45) is 0 Å². The molecule has 0 fully saturated rings. The van der Waals surface area contributed by atoms with Gasteiger partial charge in [0.15, 0.2) is 17.3 Å². The Kier molecular flexibility index (Phi) is 5.80. The number of anilines is 1. The first kappa shape index (κ1) is 20.3. The van der Waals surface area contributed by atoms with Gasteiger partial charge in [-0.05, 0) is 11.6 Å². The fourth-order valence-corrected chi connectivity index (χ4v) is 3.71. The Morgan fingerprint density at radius 3 is 2.16 bits per heavy atom. The quantitative estimate of drug-likeness (QED) is 0.385. The van der Waals surface area contributed by atoms with Gasteiger partial charge < -0.3 is 24.5 Å². The van der Waals surface area contributed by atoms with E-state index in [9.17, 15) is 4.79 Å². The second-order valence-electron chi connectivity index (χ2n) is 7.01. The third-order valence-electron chi connectivity index (χ3n) is 5.23. The van der Waals surface area contributed by atoms with E-state index >= 15 is 0 Å². The number of H-pyrrole nitrogens is 1. The number of para-hydroxylation sites is 1. The minimum absolute atomic E-state index is 0.0441. The summed E-state index contributed by atoms with van der Waals surface area (Å²) >= 11 is 0. The van der Waals surface area contributed by atoms with Crippen LogP contribution in [-0.2, 0) is 0 Å². The van der Waals surface area contributed by atoms with E-state index in [1.807, 2.05) is 54.6 Å². The van der Waals surface area contributed by atoms with E-state index in [-0.39, 0.29) is 5.78 Å². The zero-order chi connectivity index (χ0) is 21.8. The SMILES string of the molecule is COc1cc(N[C@@H](C(=O)c2c[nH]c3ccccc23)c2ccccc2)cc(OC)c1OC. The van der Waals surface area contributed by atoms with Crippen molar-refractivity contribution in [1.82, 2.24) is 4.98 Å². The molecule has 2 N–H and O–H groups in total. The number of methoxy groups -OCH3 is 3. The minimum Gasteiger partial charge on any atom is -0.493 e. The maximum Gasteiger partial charge on any atom is 0.203 e. The molecule has 0 aliphatic heterocycles. The van der Waals surface area contributed by atoms with E-state index in [1.54, 1.807) is 39.7 Å². The molecule has 0 unspecified atom stereocenters. The zero-order valence-corrected chi connectivity index (χ0v) is 17.6. The number of Topliss-reactive ketones (excluding diaryl/α,β-unsaturated/α-hetero) is 1. The van der Waals surface area contributed by atoms with Crippen LogP contribution in [0.2, 0.25) is 0 Å². The molecule has 31 heavy (non-hydrogen) atoms. The molecule has 0 aliphatic carbocycles. The molecule has 1 atom stereocenters. The molecule has 0 radical (unpaired) electrons. The fraction of sp³-hybridized carbons (Fsp3) is 0.160.